The molecule has 160 valence electrons. The maximum atomic E-state index is 15.1. The summed E-state index contributed by atoms with van der Waals surface area (Å²) in [6.45, 7) is 2.18. The molecule has 4 aromatic rings. The first-order valence-corrected chi connectivity index (χ1v) is 11.0. The maximum absolute atomic E-state index is 15.1. The molecule has 2 aromatic heterocycles. The number of likely N-dealkylation sites (tertiary alicyclic amines) is 1. The minimum absolute atomic E-state index is 0.257. The van der Waals surface area contributed by atoms with E-state index in [1.807, 2.05) is 45.9 Å². The first kappa shape index (κ1) is 19.1. The smallest absolute Gasteiger partial charge is 0.225 e. The standard InChI is InChI=1S/C25H22FN5O/c26-22-10-19(20-6-3-17-2-1-9-27-23(17)11-20)7-8-21(22)24-29-28-15-31(24)14-16-12-30(13-16)25(32)18-4-5-18/h1-3,6-11,15-16,18H,4-5,12-14H2. The highest BCUT2D eigenvalue weighted by atomic mass is 19.1. The molecule has 0 atom stereocenters. The van der Waals surface area contributed by atoms with Gasteiger partial charge in [0.05, 0.1) is 11.1 Å². The van der Waals surface area contributed by atoms with E-state index in [1.54, 1.807) is 18.6 Å². The van der Waals surface area contributed by atoms with Crippen molar-refractivity contribution in [3.8, 4) is 22.5 Å². The van der Waals surface area contributed by atoms with Crippen molar-refractivity contribution in [3.05, 3.63) is 66.9 Å². The molecule has 0 radical (unpaired) electrons. The zero-order chi connectivity index (χ0) is 21.7. The highest BCUT2D eigenvalue weighted by Crippen LogP contribution is 2.34. The predicted molar refractivity (Wildman–Crippen MR) is 119 cm³/mol. The number of benzene rings is 2. The molecular formula is C25H22FN5O. The van der Waals surface area contributed by atoms with E-state index in [9.17, 15) is 4.79 Å². The third-order valence-electron chi connectivity index (χ3n) is 6.42. The van der Waals surface area contributed by atoms with Crippen molar-refractivity contribution in [1.29, 1.82) is 0 Å². The van der Waals surface area contributed by atoms with Crippen LogP contribution in [-0.2, 0) is 11.3 Å². The lowest BCUT2D eigenvalue weighted by molar-refractivity contribution is -0.139. The molecule has 0 unspecified atom stereocenters. The quantitative estimate of drug-likeness (QED) is 0.480. The Labute approximate surface area is 184 Å². The fourth-order valence-corrected chi connectivity index (χ4v) is 4.45. The summed E-state index contributed by atoms with van der Waals surface area (Å²) in [5.41, 5.74) is 3.01. The summed E-state index contributed by atoms with van der Waals surface area (Å²) in [5.74, 6) is 1.07. The van der Waals surface area contributed by atoms with Crippen LogP contribution in [0.2, 0.25) is 0 Å². The number of hydrogen-bond acceptors (Lipinski definition) is 4. The number of amides is 1. The highest BCUT2D eigenvalue weighted by molar-refractivity contribution is 5.84. The van der Waals surface area contributed by atoms with Crippen LogP contribution in [0.3, 0.4) is 0 Å². The Morgan fingerprint density at radius 1 is 1.06 bits per heavy atom. The molecule has 2 aromatic carbocycles. The van der Waals surface area contributed by atoms with Crippen molar-refractivity contribution in [3.63, 3.8) is 0 Å². The van der Waals surface area contributed by atoms with Gasteiger partial charge < -0.3 is 9.47 Å². The summed E-state index contributed by atoms with van der Waals surface area (Å²) >= 11 is 0. The van der Waals surface area contributed by atoms with Gasteiger partial charge in [0.2, 0.25) is 5.91 Å². The molecule has 1 saturated heterocycles. The second kappa shape index (κ2) is 7.51. The maximum Gasteiger partial charge on any atom is 0.225 e. The van der Waals surface area contributed by atoms with Crippen LogP contribution in [0.5, 0.6) is 0 Å². The molecule has 32 heavy (non-hydrogen) atoms. The van der Waals surface area contributed by atoms with E-state index in [4.69, 9.17) is 0 Å². The van der Waals surface area contributed by atoms with Crippen molar-refractivity contribution in [2.75, 3.05) is 13.1 Å². The van der Waals surface area contributed by atoms with Gasteiger partial charge in [0.15, 0.2) is 5.82 Å². The number of pyridine rings is 1. The molecule has 1 aliphatic heterocycles. The average Bonchev–Trinajstić information content (AvgIpc) is 3.54. The molecule has 3 heterocycles. The van der Waals surface area contributed by atoms with E-state index in [-0.39, 0.29) is 17.6 Å². The third kappa shape index (κ3) is 3.43. The molecule has 2 aliphatic rings. The van der Waals surface area contributed by atoms with Crippen LogP contribution in [0.25, 0.3) is 33.4 Å². The largest absolute Gasteiger partial charge is 0.342 e. The SMILES string of the molecule is O=C(C1CC1)N1CC(Cn2cnnc2-c2ccc(-c3ccc4cccnc4c3)cc2F)C1. The van der Waals surface area contributed by atoms with Crippen LogP contribution in [0.1, 0.15) is 12.8 Å². The molecule has 0 bridgehead atoms. The number of carbonyl (C=O) groups is 1. The van der Waals surface area contributed by atoms with Crippen molar-refractivity contribution in [2.45, 2.75) is 19.4 Å². The van der Waals surface area contributed by atoms with E-state index in [0.717, 1.165) is 48.0 Å². The van der Waals surface area contributed by atoms with Crippen LogP contribution in [0, 0.1) is 17.7 Å². The van der Waals surface area contributed by atoms with Crippen LogP contribution in [0.4, 0.5) is 4.39 Å². The first-order chi connectivity index (χ1) is 15.7. The zero-order valence-electron chi connectivity index (χ0n) is 17.5. The number of halogens is 1. The topological polar surface area (TPSA) is 63.9 Å². The van der Waals surface area contributed by atoms with Gasteiger partial charge in [-0.3, -0.25) is 9.78 Å². The Hall–Kier alpha value is -3.61. The van der Waals surface area contributed by atoms with Crippen LogP contribution in [-0.4, -0.2) is 43.6 Å². The number of rotatable bonds is 5. The van der Waals surface area contributed by atoms with Gasteiger partial charge in [0.25, 0.3) is 0 Å². The van der Waals surface area contributed by atoms with Gasteiger partial charge in [-0.05, 0) is 48.2 Å². The molecule has 6 rings (SSSR count). The van der Waals surface area contributed by atoms with Crippen LogP contribution < -0.4 is 0 Å². The van der Waals surface area contributed by atoms with Gasteiger partial charge in [-0.2, -0.15) is 0 Å². The summed E-state index contributed by atoms with van der Waals surface area (Å²) in [5, 5.41) is 9.24. The molecule has 0 N–H and O–H groups in total. The molecule has 1 aliphatic carbocycles. The van der Waals surface area contributed by atoms with Gasteiger partial charge in [0.1, 0.15) is 12.1 Å². The van der Waals surface area contributed by atoms with Gasteiger partial charge in [-0.25, -0.2) is 4.39 Å². The third-order valence-corrected chi connectivity index (χ3v) is 6.42. The predicted octanol–water partition coefficient (Wildman–Crippen LogP) is 4.17. The van der Waals surface area contributed by atoms with Gasteiger partial charge in [-0.15, -0.1) is 10.2 Å². The number of fused-ring (bicyclic) bond motifs is 1. The zero-order valence-corrected chi connectivity index (χ0v) is 17.5. The lowest BCUT2D eigenvalue weighted by Crippen LogP contribution is -2.51. The highest BCUT2D eigenvalue weighted by Gasteiger charge is 2.39. The van der Waals surface area contributed by atoms with E-state index < -0.39 is 0 Å². The Balaban J connectivity index is 1.21. The molecule has 7 heteroatoms. The fourth-order valence-electron chi connectivity index (χ4n) is 4.45. The van der Waals surface area contributed by atoms with Crippen molar-refractivity contribution < 1.29 is 9.18 Å². The Morgan fingerprint density at radius 3 is 2.69 bits per heavy atom. The molecule has 6 nitrogen and oxygen atoms in total. The Bertz CT molecular complexity index is 1320. The monoisotopic (exact) mass is 427 g/mol. The van der Waals surface area contributed by atoms with Crippen molar-refractivity contribution in [2.24, 2.45) is 11.8 Å². The summed E-state index contributed by atoms with van der Waals surface area (Å²) in [4.78, 5) is 18.5. The molecule has 1 saturated carbocycles. The minimum atomic E-state index is -0.336. The average molecular weight is 427 g/mol. The summed E-state index contributed by atoms with van der Waals surface area (Å²) in [6.07, 6.45) is 5.45. The van der Waals surface area contributed by atoms with Crippen molar-refractivity contribution >= 4 is 16.8 Å². The number of carbonyl (C=O) groups excluding carboxylic acids is 1. The summed E-state index contributed by atoms with van der Waals surface area (Å²) in [6, 6.07) is 15.1. The minimum Gasteiger partial charge on any atom is -0.342 e. The van der Waals surface area contributed by atoms with E-state index in [1.165, 1.54) is 6.07 Å². The first-order valence-electron chi connectivity index (χ1n) is 11.0. The van der Waals surface area contributed by atoms with Gasteiger partial charge >= 0.3 is 0 Å². The van der Waals surface area contributed by atoms with Crippen LogP contribution in [0.15, 0.2) is 61.1 Å². The summed E-state index contributed by atoms with van der Waals surface area (Å²) in [7, 11) is 0. The Morgan fingerprint density at radius 2 is 1.88 bits per heavy atom. The second-order valence-corrected chi connectivity index (χ2v) is 8.80. The molecule has 1 amide bonds. The lowest BCUT2D eigenvalue weighted by Gasteiger charge is -2.39. The number of nitrogens with zero attached hydrogens (tertiary/aromatic N) is 5. The van der Waals surface area contributed by atoms with E-state index in [0.29, 0.717) is 23.9 Å². The van der Waals surface area contributed by atoms with Crippen molar-refractivity contribution in [1.82, 2.24) is 24.6 Å². The van der Waals surface area contributed by atoms with Gasteiger partial charge in [0, 0.05) is 43.1 Å². The molecule has 0 spiro atoms. The van der Waals surface area contributed by atoms with E-state index >= 15 is 4.39 Å². The molecule has 2 fully saturated rings. The summed E-state index contributed by atoms with van der Waals surface area (Å²) < 4.78 is 17.0. The number of hydrogen-bond donors (Lipinski definition) is 0. The fraction of sp³-hybridized carbons (Fsp3) is 0.280. The lowest BCUT2D eigenvalue weighted by atomic mass is 9.99. The Kier molecular flexibility index (Phi) is 4.48. The number of aromatic nitrogens is 4. The van der Waals surface area contributed by atoms with E-state index in [2.05, 4.69) is 15.2 Å². The molecular weight excluding hydrogens is 405 g/mol. The normalized spacial score (nSPS) is 16.3. The second-order valence-electron chi connectivity index (χ2n) is 8.80. The van der Waals surface area contributed by atoms with Gasteiger partial charge in [-0.1, -0.05) is 24.3 Å². The van der Waals surface area contributed by atoms with Crippen LogP contribution >= 0.6 is 0 Å².